The van der Waals surface area contributed by atoms with E-state index < -0.39 is 53.8 Å². The molecule has 30 heavy (non-hydrogen) atoms. The molecular weight excluding hydrogens is 441 g/mol. The Labute approximate surface area is 177 Å². The number of hydrogen-bond donors (Lipinski definition) is 2. The normalized spacial score (nSPS) is 17.8. The number of nitro benzene ring substituents is 1. The number of rotatable bonds is 8. The van der Waals surface area contributed by atoms with Crippen LogP contribution >= 0.6 is 0 Å². The maximum absolute atomic E-state index is 14.4. The molecule has 1 aliphatic rings. The Morgan fingerprint density at radius 2 is 2.00 bits per heavy atom. The molecule has 1 aromatic carbocycles. The number of carbonyl (C=O) groups is 1. The molecule has 0 aliphatic heterocycles. The molecule has 1 aliphatic carbocycles. The van der Waals surface area contributed by atoms with Gasteiger partial charge in [0, 0.05) is 30.5 Å². The van der Waals surface area contributed by atoms with Gasteiger partial charge in [0.1, 0.15) is 15.3 Å². The third kappa shape index (κ3) is 4.68. The van der Waals surface area contributed by atoms with Gasteiger partial charge in [0.2, 0.25) is 10.0 Å². The van der Waals surface area contributed by atoms with Crippen molar-refractivity contribution in [3.63, 3.8) is 0 Å². The van der Waals surface area contributed by atoms with Crippen molar-refractivity contribution in [1.29, 1.82) is 0 Å². The summed E-state index contributed by atoms with van der Waals surface area (Å²) in [5.74, 6) is -0.784. The fourth-order valence-corrected chi connectivity index (χ4v) is 5.84. The van der Waals surface area contributed by atoms with Crippen molar-refractivity contribution in [2.45, 2.75) is 55.6 Å². The monoisotopic (exact) mass is 465 g/mol. The van der Waals surface area contributed by atoms with Crippen molar-refractivity contribution >= 4 is 33.2 Å². The third-order valence-corrected chi connectivity index (χ3v) is 9.20. The van der Waals surface area contributed by atoms with Crippen molar-refractivity contribution in [3.8, 4) is 0 Å². The number of benzene rings is 1. The van der Waals surface area contributed by atoms with Crippen molar-refractivity contribution in [1.82, 2.24) is 9.03 Å². The number of nitro groups is 1. The highest BCUT2D eigenvalue weighted by molar-refractivity contribution is 7.92. The van der Waals surface area contributed by atoms with Gasteiger partial charge in [-0.2, -0.15) is 0 Å². The highest BCUT2D eigenvalue weighted by atomic mass is 32.2. The number of carboxylic acid groups (broad SMARTS) is 1. The molecule has 10 nitrogen and oxygen atoms in total. The summed E-state index contributed by atoms with van der Waals surface area (Å²) in [6, 6.07) is 1.74. The minimum atomic E-state index is -4.40. The van der Waals surface area contributed by atoms with Crippen LogP contribution in [0.3, 0.4) is 0 Å². The number of hydrogen-bond acceptors (Lipinski definition) is 7. The molecule has 0 spiro atoms. The SMILES string of the molecule is CN(C(=O)O)S(=O)(=O)C1([C@@H](Cc2cc([N+](=O)[O-])ccc2F)N[S@+]([O-])C(C)(C)C)CC1. The van der Waals surface area contributed by atoms with Gasteiger partial charge in [-0.25, -0.2) is 21.9 Å². The van der Waals surface area contributed by atoms with E-state index in [1.807, 2.05) is 0 Å². The number of amides is 1. The summed E-state index contributed by atoms with van der Waals surface area (Å²) in [4.78, 5) is 21.6. The van der Waals surface area contributed by atoms with Crippen LogP contribution in [0.1, 0.15) is 39.2 Å². The Morgan fingerprint density at radius 3 is 2.43 bits per heavy atom. The fourth-order valence-electron chi connectivity index (χ4n) is 2.98. The molecule has 0 radical (unpaired) electrons. The second-order valence-electron chi connectivity index (χ2n) is 8.11. The molecule has 0 heterocycles. The second kappa shape index (κ2) is 8.29. The highest BCUT2D eigenvalue weighted by Gasteiger charge is 2.63. The molecule has 2 rings (SSSR count). The standard InChI is InChI=1S/C17H24FN3O7S2/c1-16(2,3)29(26)19-14(10-11-9-12(21(24)25)5-6-13(11)18)17(7-8-17)30(27,28)20(4)15(22)23/h5-6,9,14,19H,7-8,10H2,1-4H3,(H,22,23)/t14-,29-/m1/s1. The molecule has 2 atom stereocenters. The number of nitrogens with one attached hydrogen (secondary N) is 1. The smallest absolute Gasteiger partial charge is 0.420 e. The predicted molar refractivity (Wildman–Crippen MR) is 108 cm³/mol. The van der Waals surface area contributed by atoms with Gasteiger partial charge >= 0.3 is 6.09 Å². The van der Waals surface area contributed by atoms with Gasteiger partial charge in [0.15, 0.2) is 0 Å². The van der Waals surface area contributed by atoms with Crippen LogP contribution in [-0.4, -0.2) is 56.0 Å². The van der Waals surface area contributed by atoms with Crippen molar-refractivity contribution in [3.05, 3.63) is 39.7 Å². The van der Waals surface area contributed by atoms with Crippen molar-refractivity contribution < 1.29 is 32.2 Å². The van der Waals surface area contributed by atoms with E-state index in [-0.39, 0.29) is 34.8 Å². The van der Waals surface area contributed by atoms with Crippen LogP contribution in [0.4, 0.5) is 14.9 Å². The first-order chi connectivity index (χ1) is 13.6. The largest absolute Gasteiger partial charge is 0.598 e. The Hall–Kier alpha value is -1.96. The zero-order valence-electron chi connectivity index (χ0n) is 16.9. The van der Waals surface area contributed by atoms with E-state index in [2.05, 4.69) is 4.72 Å². The summed E-state index contributed by atoms with van der Waals surface area (Å²) in [7, 11) is -3.50. The molecule has 13 heteroatoms. The number of halogens is 1. The second-order valence-corrected chi connectivity index (χ2v) is 12.4. The Bertz CT molecular complexity index is 945. The van der Waals surface area contributed by atoms with Crippen molar-refractivity contribution in [2.24, 2.45) is 0 Å². The van der Waals surface area contributed by atoms with Gasteiger partial charge in [-0.3, -0.25) is 10.1 Å². The minimum absolute atomic E-state index is 0.0719. The zero-order chi connectivity index (χ0) is 23.1. The summed E-state index contributed by atoms with van der Waals surface area (Å²) < 4.78 is 53.5. The third-order valence-electron chi connectivity index (χ3n) is 4.99. The molecule has 0 aromatic heterocycles. The number of non-ortho nitro benzene ring substituents is 1. The minimum Gasteiger partial charge on any atom is -0.598 e. The summed E-state index contributed by atoms with van der Waals surface area (Å²) in [6.45, 7) is 4.95. The molecule has 0 unspecified atom stereocenters. The van der Waals surface area contributed by atoms with E-state index in [4.69, 9.17) is 5.11 Å². The predicted octanol–water partition coefficient (Wildman–Crippen LogP) is 2.17. The maximum atomic E-state index is 14.4. The van der Waals surface area contributed by atoms with Gasteiger partial charge in [-0.1, -0.05) is 0 Å². The molecule has 1 aromatic rings. The maximum Gasteiger partial charge on any atom is 0.420 e. The van der Waals surface area contributed by atoms with Gasteiger partial charge in [0.25, 0.3) is 5.69 Å². The van der Waals surface area contributed by atoms with Crippen LogP contribution < -0.4 is 4.72 Å². The van der Waals surface area contributed by atoms with E-state index in [0.717, 1.165) is 25.2 Å². The lowest BCUT2D eigenvalue weighted by Gasteiger charge is -2.33. The van der Waals surface area contributed by atoms with Gasteiger partial charge in [-0.05, 0) is 51.7 Å². The molecule has 0 bridgehead atoms. The van der Waals surface area contributed by atoms with Crippen LogP contribution in [0, 0.1) is 15.9 Å². The lowest BCUT2D eigenvalue weighted by molar-refractivity contribution is -0.385. The van der Waals surface area contributed by atoms with E-state index in [9.17, 15) is 32.3 Å². The average Bonchev–Trinajstić information content (AvgIpc) is 3.43. The summed E-state index contributed by atoms with van der Waals surface area (Å²) in [6.07, 6.45) is -1.87. The summed E-state index contributed by atoms with van der Waals surface area (Å²) in [5.41, 5.74) is -0.510. The van der Waals surface area contributed by atoms with E-state index >= 15 is 0 Å². The Balaban J connectivity index is 2.51. The summed E-state index contributed by atoms with van der Waals surface area (Å²) in [5, 5.41) is 20.2. The first-order valence-electron chi connectivity index (χ1n) is 8.96. The lowest BCUT2D eigenvalue weighted by Crippen LogP contribution is -2.56. The van der Waals surface area contributed by atoms with Crippen LogP contribution in [-0.2, 0) is 27.8 Å². The average molecular weight is 466 g/mol. The van der Waals surface area contributed by atoms with Crippen molar-refractivity contribution in [2.75, 3.05) is 7.05 Å². The van der Waals surface area contributed by atoms with Crippen LogP contribution in [0.15, 0.2) is 18.2 Å². The highest BCUT2D eigenvalue weighted by Crippen LogP contribution is 2.49. The lowest BCUT2D eigenvalue weighted by atomic mass is 10.0. The van der Waals surface area contributed by atoms with E-state index in [0.29, 0.717) is 0 Å². The number of nitrogens with zero attached hydrogens (tertiary/aromatic N) is 2. The molecule has 1 amide bonds. The quantitative estimate of drug-likeness (QED) is 0.336. The van der Waals surface area contributed by atoms with Gasteiger partial charge in [0.05, 0.1) is 11.0 Å². The zero-order valence-corrected chi connectivity index (χ0v) is 18.5. The first kappa shape index (κ1) is 24.3. The Morgan fingerprint density at radius 1 is 1.43 bits per heavy atom. The molecule has 1 fully saturated rings. The molecule has 1 saturated carbocycles. The van der Waals surface area contributed by atoms with Crippen LogP contribution in [0.2, 0.25) is 0 Å². The molecular formula is C17H24FN3O7S2. The molecule has 2 N–H and O–H groups in total. The molecule has 168 valence electrons. The van der Waals surface area contributed by atoms with Crippen LogP contribution in [0.5, 0.6) is 0 Å². The van der Waals surface area contributed by atoms with E-state index in [1.165, 1.54) is 0 Å². The van der Waals surface area contributed by atoms with E-state index in [1.54, 1.807) is 20.8 Å². The number of sulfonamides is 1. The van der Waals surface area contributed by atoms with Gasteiger partial charge < -0.3 is 9.66 Å². The van der Waals surface area contributed by atoms with Gasteiger partial charge in [-0.15, -0.1) is 4.72 Å². The Kier molecular flexibility index (Phi) is 6.71. The summed E-state index contributed by atoms with van der Waals surface area (Å²) >= 11 is -1.76. The molecule has 0 saturated heterocycles. The van der Waals surface area contributed by atoms with Crippen LogP contribution in [0.25, 0.3) is 0 Å². The fraction of sp³-hybridized carbons (Fsp3) is 0.588. The topological polar surface area (TPSA) is 153 Å². The first-order valence-corrected chi connectivity index (χ1v) is 11.5.